The van der Waals surface area contributed by atoms with Crippen LogP contribution in [0.15, 0.2) is 76.5 Å². The van der Waals surface area contributed by atoms with Gasteiger partial charge in [-0.15, -0.1) is 0 Å². The van der Waals surface area contributed by atoms with Gasteiger partial charge < -0.3 is 9.47 Å². The maximum absolute atomic E-state index is 12.9. The number of rotatable bonds is 7. The lowest BCUT2D eigenvalue weighted by atomic mass is 10.1. The molecule has 0 radical (unpaired) electrons. The topological polar surface area (TPSA) is 76.4 Å². The van der Waals surface area contributed by atoms with Gasteiger partial charge in [0.2, 0.25) is 9.84 Å². The first-order valence-electron chi connectivity index (χ1n) is 9.02. The van der Waals surface area contributed by atoms with Crippen LogP contribution in [0.2, 0.25) is 10.0 Å². The third-order valence-electron chi connectivity index (χ3n) is 4.37. The lowest BCUT2D eigenvalue weighted by molar-refractivity contribution is 0.284. The summed E-state index contributed by atoms with van der Waals surface area (Å²) < 4.78 is 37.2. The molecular weight excluding hydrogens is 457 g/mol. The summed E-state index contributed by atoms with van der Waals surface area (Å²) in [5, 5.41) is 10.5. The van der Waals surface area contributed by atoms with Crippen LogP contribution in [-0.4, -0.2) is 15.5 Å². The summed E-state index contributed by atoms with van der Waals surface area (Å²) in [7, 11) is -2.58. The van der Waals surface area contributed by atoms with Crippen molar-refractivity contribution in [1.29, 1.82) is 5.26 Å². The highest BCUT2D eigenvalue weighted by atomic mass is 35.5. The van der Waals surface area contributed by atoms with E-state index in [4.69, 9.17) is 32.7 Å². The van der Waals surface area contributed by atoms with Gasteiger partial charge in [0.05, 0.1) is 12.0 Å². The van der Waals surface area contributed by atoms with E-state index < -0.39 is 14.7 Å². The fourth-order valence-electron chi connectivity index (χ4n) is 2.78. The zero-order valence-electron chi connectivity index (χ0n) is 16.4. The summed E-state index contributed by atoms with van der Waals surface area (Å²) in [5.74, 6) is 0.686. The molecule has 0 aliphatic heterocycles. The van der Waals surface area contributed by atoms with E-state index in [0.29, 0.717) is 27.1 Å². The van der Waals surface area contributed by atoms with Crippen molar-refractivity contribution in [2.45, 2.75) is 11.5 Å². The molecule has 31 heavy (non-hydrogen) atoms. The van der Waals surface area contributed by atoms with Crippen molar-refractivity contribution >= 4 is 39.1 Å². The standard InChI is InChI=1S/C23H17Cl2NO4S/c1-29-22-8-4-6-16(23(22)30-15-17-5-2-3-7-21(17)25)13-20(14-26)31(27,28)19-11-9-18(24)10-12-19/h2-13H,15H2,1H3. The maximum Gasteiger partial charge on any atom is 0.216 e. The average Bonchev–Trinajstić information content (AvgIpc) is 2.77. The first kappa shape index (κ1) is 22.7. The van der Waals surface area contributed by atoms with Crippen LogP contribution in [0.4, 0.5) is 0 Å². The highest BCUT2D eigenvalue weighted by Gasteiger charge is 2.22. The maximum atomic E-state index is 12.9. The Kier molecular flexibility index (Phi) is 7.24. The summed E-state index contributed by atoms with van der Waals surface area (Å²) in [6.07, 6.45) is 1.26. The van der Waals surface area contributed by atoms with Gasteiger partial charge in [-0.1, -0.05) is 53.5 Å². The highest BCUT2D eigenvalue weighted by molar-refractivity contribution is 7.95. The van der Waals surface area contributed by atoms with Crippen LogP contribution in [0, 0.1) is 11.3 Å². The van der Waals surface area contributed by atoms with Crippen molar-refractivity contribution < 1.29 is 17.9 Å². The van der Waals surface area contributed by atoms with E-state index in [9.17, 15) is 13.7 Å². The van der Waals surface area contributed by atoms with Crippen LogP contribution >= 0.6 is 23.2 Å². The number of para-hydroxylation sites is 1. The third kappa shape index (κ3) is 5.20. The minimum atomic E-state index is -4.05. The monoisotopic (exact) mass is 473 g/mol. The van der Waals surface area contributed by atoms with Crippen LogP contribution in [0.25, 0.3) is 6.08 Å². The molecule has 0 atom stereocenters. The lowest BCUT2D eigenvalue weighted by Gasteiger charge is -2.14. The van der Waals surface area contributed by atoms with Crippen LogP contribution in [0.3, 0.4) is 0 Å². The Morgan fingerprint density at radius 2 is 1.74 bits per heavy atom. The largest absolute Gasteiger partial charge is 0.493 e. The van der Waals surface area contributed by atoms with Gasteiger partial charge >= 0.3 is 0 Å². The van der Waals surface area contributed by atoms with Gasteiger partial charge in [-0.25, -0.2) is 8.42 Å². The van der Waals surface area contributed by atoms with Crippen molar-refractivity contribution in [2.75, 3.05) is 7.11 Å². The van der Waals surface area contributed by atoms with Gasteiger partial charge in [-0.3, -0.25) is 0 Å². The van der Waals surface area contributed by atoms with E-state index >= 15 is 0 Å². The number of halogens is 2. The lowest BCUT2D eigenvalue weighted by Crippen LogP contribution is -2.04. The van der Waals surface area contributed by atoms with E-state index in [-0.39, 0.29) is 11.5 Å². The molecule has 5 nitrogen and oxygen atoms in total. The Morgan fingerprint density at radius 1 is 1.03 bits per heavy atom. The minimum Gasteiger partial charge on any atom is -0.493 e. The average molecular weight is 474 g/mol. The van der Waals surface area contributed by atoms with Gasteiger partial charge in [-0.2, -0.15) is 5.26 Å². The number of allylic oxidation sites excluding steroid dienone is 1. The predicted octanol–water partition coefficient (Wildman–Crippen LogP) is 5.92. The second-order valence-electron chi connectivity index (χ2n) is 6.34. The Hall–Kier alpha value is -2.98. The molecule has 0 unspecified atom stereocenters. The summed E-state index contributed by atoms with van der Waals surface area (Å²) >= 11 is 12.0. The quantitative estimate of drug-likeness (QED) is 0.398. The molecule has 3 aromatic rings. The van der Waals surface area contributed by atoms with Crippen LogP contribution in [-0.2, 0) is 16.4 Å². The number of benzene rings is 3. The van der Waals surface area contributed by atoms with Crippen molar-refractivity contribution in [1.82, 2.24) is 0 Å². The molecule has 158 valence electrons. The Morgan fingerprint density at radius 3 is 2.39 bits per heavy atom. The molecule has 0 bridgehead atoms. The fourth-order valence-corrected chi connectivity index (χ4v) is 4.25. The number of hydrogen-bond donors (Lipinski definition) is 0. The smallest absolute Gasteiger partial charge is 0.216 e. The Labute approximate surface area is 191 Å². The molecule has 0 N–H and O–H groups in total. The van der Waals surface area contributed by atoms with E-state index in [1.807, 2.05) is 18.2 Å². The highest BCUT2D eigenvalue weighted by Crippen LogP contribution is 2.35. The third-order valence-corrected chi connectivity index (χ3v) is 6.67. The molecule has 3 aromatic carbocycles. The van der Waals surface area contributed by atoms with Crippen LogP contribution < -0.4 is 9.47 Å². The zero-order chi connectivity index (χ0) is 22.4. The summed E-state index contributed by atoms with van der Waals surface area (Å²) in [6, 6.07) is 19.6. The summed E-state index contributed by atoms with van der Waals surface area (Å²) in [4.78, 5) is -0.475. The fraction of sp³-hybridized carbons (Fsp3) is 0.0870. The second-order valence-corrected chi connectivity index (χ2v) is 9.10. The van der Waals surface area contributed by atoms with Gasteiger partial charge in [-0.05, 0) is 42.5 Å². The molecule has 0 aliphatic rings. The van der Waals surface area contributed by atoms with Crippen molar-refractivity contribution in [3.05, 3.63) is 92.8 Å². The molecule has 0 heterocycles. The first-order valence-corrected chi connectivity index (χ1v) is 11.3. The predicted molar refractivity (Wildman–Crippen MR) is 121 cm³/mol. The molecule has 0 saturated carbocycles. The zero-order valence-corrected chi connectivity index (χ0v) is 18.7. The van der Waals surface area contributed by atoms with Crippen molar-refractivity contribution in [3.63, 3.8) is 0 Å². The number of ether oxygens (including phenoxy) is 2. The molecule has 0 aromatic heterocycles. The molecule has 0 amide bonds. The Balaban J connectivity index is 2.03. The van der Waals surface area contributed by atoms with Crippen molar-refractivity contribution in [3.8, 4) is 17.6 Å². The summed E-state index contributed by atoms with van der Waals surface area (Å²) in [5.41, 5.74) is 1.12. The number of sulfone groups is 1. The van der Waals surface area contributed by atoms with Gasteiger partial charge in [0, 0.05) is 21.2 Å². The molecule has 0 fully saturated rings. The van der Waals surface area contributed by atoms with Crippen LogP contribution in [0.5, 0.6) is 11.5 Å². The molecule has 8 heteroatoms. The molecule has 3 rings (SSSR count). The van der Waals surface area contributed by atoms with E-state index in [1.54, 1.807) is 30.3 Å². The first-order chi connectivity index (χ1) is 14.9. The van der Waals surface area contributed by atoms with Gasteiger partial charge in [0.1, 0.15) is 17.6 Å². The van der Waals surface area contributed by atoms with E-state index in [0.717, 1.165) is 5.56 Å². The van der Waals surface area contributed by atoms with E-state index in [1.165, 1.54) is 37.5 Å². The SMILES string of the molecule is COc1cccc(C=C(C#N)S(=O)(=O)c2ccc(Cl)cc2)c1OCc1ccccc1Cl. The Bertz CT molecular complexity index is 1260. The second kappa shape index (κ2) is 9.88. The van der Waals surface area contributed by atoms with Crippen LogP contribution in [0.1, 0.15) is 11.1 Å². The normalized spacial score (nSPS) is 11.6. The minimum absolute atomic E-state index is 0.0360. The molecular formula is C23H17Cl2NO4S. The number of hydrogen-bond acceptors (Lipinski definition) is 5. The van der Waals surface area contributed by atoms with Gasteiger partial charge in [0.15, 0.2) is 11.5 Å². The number of methoxy groups -OCH3 is 1. The number of nitrogens with zero attached hydrogens (tertiary/aromatic N) is 1. The van der Waals surface area contributed by atoms with Gasteiger partial charge in [0.25, 0.3) is 0 Å². The summed E-state index contributed by atoms with van der Waals surface area (Å²) in [6.45, 7) is 0.132. The van der Waals surface area contributed by atoms with E-state index in [2.05, 4.69) is 0 Å². The molecule has 0 spiro atoms. The van der Waals surface area contributed by atoms with Crippen molar-refractivity contribution in [2.24, 2.45) is 0 Å². The molecule has 0 aliphatic carbocycles. The number of nitriles is 1. The molecule has 0 saturated heterocycles.